The molecule has 2 aromatic rings. The maximum Gasteiger partial charge on any atom is 0.326 e. The van der Waals surface area contributed by atoms with E-state index in [0.717, 1.165) is 0 Å². The molecule has 0 fully saturated rings. The topological polar surface area (TPSA) is 222 Å². The SMILES string of the molecule is NC(=O)CCC(NC(=O)C(N)CS)C(=O)NC(Cc1cnc[nH]1)C(=O)NC(Cc1ccccc1)C(=O)O. The normalized spacial score (nSPS) is 14.0. The van der Waals surface area contributed by atoms with Crippen molar-refractivity contribution in [2.75, 3.05) is 5.75 Å². The molecule has 13 nitrogen and oxygen atoms in total. The summed E-state index contributed by atoms with van der Waals surface area (Å²) in [6.45, 7) is 0. The number of carboxylic acids is 1. The number of thiol groups is 1. The molecule has 1 heterocycles. The molecule has 200 valence electrons. The number of nitrogens with two attached hydrogens (primary N) is 2. The van der Waals surface area contributed by atoms with Crippen molar-refractivity contribution >= 4 is 42.2 Å². The summed E-state index contributed by atoms with van der Waals surface area (Å²) in [5.41, 5.74) is 12.0. The highest BCUT2D eigenvalue weighted by molar-refractivity contribution is 7.80. The van der Waals surface area contributed by atoms with Crippen molar-refractivity contribution in [2.24, 2.45) is 11.5 Å². The van der Waals surface area contributed by atoms with Crippen LogP contribution in [0.5, 0.6) is 0 Å². The number of hydrogen-bond donors (Lipinski definition) is 8. The van der Waals surface area contributed by atoms with Gasteiger partial charge in [-0.15, -0.1) is 0 Å². The second-order valence-corrected chi connectivity index (χ2v) is 8.65. The van der Waals surface area contributed by atoms with Gasteiger partial charge in [0, 0.05) is 36.9 Å². The van der Waals surface area contributed by atoms with Gasteiger partial charge in [-0.25, -0.2) is 9.78 Å². The van der Waals surface area contributed by atoms with Crippen LogP contribution in [0.4, 0.5) is 0 Å². The molecule has 0 bridgehead atoms. The van der Waals surface area contributed by atoms with E-state index < -0.39 is 53.8 Å². The number of aliphatic carboxylic acids is 1. The summed E-state index contributed by atoms with van der Waals surface area (Å²) in [6.07, 6.45) is 2.44. The van der Waals surface area contributed by atoms with Gasteiger partial charge in [0.15, 0.2) is 0 Å². The smallest absolute Gasteiger partial charge is 0.326 e. The van der Waals surface area contributed by atoms with Crippen molar-refractivity contribution in [1.29, 1.82) is 0 Å². The minimum Gasteiger partial charge on any atom is -0.480 e. The number of rotatable bonds is 15. The van der Waals surface area contributed by atoms with Gasteiger partial charge < -0.3 is 37.5 Å². The number of aromatic nitrogens is 2. The standard InChI is InChI=1S/C23H31N7O6S/c24-15(11-37)20(32)28-16(6-7-19(25)31)21(33)29-17(9-14-10-26-12-27-14)22(34)30-18(23(35)36)8-13-4-2-1-3-5-13/h1-5,10,12,15-18,37H,6-9,11,24H2,(H2,25,31)(H,26,27)(H,28,32)(H,29,33)(H,30,34)(H,35,36). The van der Waals surface area contributed by atoms with E-state index in [-0.39, 0.29) is 31.4 Å². The average molecular weight is 534 g/mol. The Morgan fingerprint density at radius 2 is 1.57 bits per heavy atom. The third-order valence-electron chi connectivity index (χ3n) is 5.35. The lowest BCUT2D eigenvalue weighted by Crippen LogP contribution is -2.58. The monoisotopic (exact) mass is 533 g/mol. The quantitative estimate of drug-likeness (QED) is 0.122. The number of carbonyl (C=O) groups is 5. The fraction of sp³-hybridized carbons (Fsp3) is 0.391. The number of benzene rings is 1. The highest BCUT2D eigenvalue weighted by atomic mass is 32.1. The van der Waals surface area contributed by atoms with Crippen LogP contribution in [0, 0.1) is 0 Å². The maximum atomic E-state index is 13.2. The number of hydrogen-bond acceptors (Lipinski definition) is 8. The fourth-order valence-corrected chi connectivity index (χ4v) is 3.50. The van der Waals surface area contributed by atoms with Gasteiger partial charge in [0.25, 0.3) is 0 Å². The molecule has 4 atom stereocenters. The van der Waals surface area contributed by atoms with Gasteiger partial charge >= 0.3 is 5.97 Å². The Hall–Kier alpha value is -3.91. The zero-order valence-electron chi connectivity index (χ0n) is 19.9. The fourth-order valence-electron chi connectivity index (χ4n) is 3.34. The number of amides is 4. The van der Waals surface area contributed by atoms with Gasteiger partial charge in [0.1, 0.15) is 18.1 Å². The van der Waals surface area contributed by atoms with Gasteiger partial charge in [-0.3, -0.25) is 19.2 Å². The summed E-state index contributed by atoms with van der Waals surface area (Å²) >= 11 is 3.96. The third-order valence-corrected chi connectivity index (χ3v) is 5.75. The predicted octanol–water partition coefficient (Wildman–Crippen LogP) is -1.74. The van der Waals surface area contributed by atoms with E-state index in [1.54, 1.807) is 30.3 Å². The summed E-state index contributed by atoms with van der Waals surface area (Å²) < 4.78 is 0. The number of imidazole rings is 1. The molecule has 14 heteroatoms. The van der Waals surface area contributed by atoms with Gasteiger partial charge in [-0.1, -0.05) is 30.3 Å². The number of primary amides is 1. The minimum atomic E-state index is -1.27. The Morgan fingerprint density at radius 1 is 0.946 bits per heavy atom. The van der Waals surface area contributed by atoms with Gasteiger partial charge in [0.2, 0.25) is 23.6 Å². The molecule has 37 heavy (non-hydrogen) atoms. The molecule has 4 amide bonds. The molecular formula is C23H31N7O6S. The van der Waals surface area contributed by atoms with Crippen LogP contribution >= 0.6 is 12.6 Å². The van der Waals surface area contributed by atoms with Crippen molar-refractivity contribution < 1.29 is 29.1 Å². The molecule has 1 aromatic heterocycles. The van der Waals surface area contributed by atoms with E-state index >= 15 is 0 Å². The lowest BCUT2D eigenvalue weighted by Gasteiger charge is -2.25. The first kappa shape index (κ1) is 29.3. The van der Waals surface area contributed by atoms with Crippen LogP contribution in [0.15, 0.2) is 42.9 Å². The van der Waals surface area contributed by atoms with Crippen LogP contribution in [0.25, 0.3) is 0 Å². The van der Waals surface area contributed by atoms with Crippen molar-refractivity contribution in [3.63, 3.8) is 0 Å². The molecule has 0 aliphatic carbocycles. The van der Waals surface area contributed by atoms with Crippen molar-refractivity contribution in [1.82, 2.24) is 25.9 Å². The summed E-state index contributed by atoms with van der Waals surface area (Å²) in [4.78, 5) is 68.4. The third kappa shape index (κ3) is 9.93. The lowest BCUT2D eigenvalue weighted by atomic mass is 10.0. The minimum absolute atomic E-state index is 0.0127. The summed E-state index contributed by atoms with van der Waals surface area (Å²) in [6, 6.07) is 3.99. The second-order valence-electron chi connectivity index (χ2n) is 8.29. The summed E-state index contributed by atoms with van der Waals surface area (Å²) in [5, 5.41) is 17.1. The van der Waals surface area contributed by atoms with E-state index in [9.17, 15) is 29.1 Å². The zero-order valence-corrected chi connectivity index (χ0v) is 20.8. The first-order chi connectivity index (χ1) is 17.6. The first-order valence-corrected chi connectivity index (χ1v) is 12.0. The van der Waals surface area contributed by atoms with E-state index in [1.807, 2.05) is 0 Å². The Bertz CT molecular complexity index is 1070. The molecule has 0 saturated carbocycles. The number of H-pyrrole nitrogens is 1. The molecule has 4 unspecified atom stereocenters. The van der Waals surface area contributed by atoms with Gasteiger partial charge in [0.05, 0.1) is 12.4 Å². The number of aromatic amines is 1. The lowest BCUT2D eigenvalue weighted by molar-refractivity contribution is -0.142. The van der Waals surface area contributed by atoms with Crippen LogP contribution in [-0.4, -0.2) is 74.6 Å². The van der Waals surface area contributed by atoms with E-state index in [1.165, 1.54) is 12.5 Å². The molecule has 0 spiro atoms. The molecule has 2 rings (SSSR count). The van der Waals surface area contributed by atoms with Crippen LogP contribution in [0.2, 0.25) is 0 Å². The highest BCUT2D eigenvalue weighted by Crippen LogP contribution is 2.07. The molecule has 0 aliphatic heterocycles. The van der Waals surface area contributed by atoms with Crippen LogP contribution < -0.4 is 27.4 Å². The van der Waals surface area contributed by atoms with Gasteiger partial charge in [-0.2, -0.15) is 12.6 Å². The Balaban J connectivity index is 2.21. The Kier molecular flexibility index (Phi) is 11.6. The largest absolute Gasteiger partial charge is 0.480 e. The molecule has 0 radical (unpaired) electrons. The van der Waals surface area contributed by atoms with Crippen LogP contribution in [0.3, 0.4) is 0 Å². The number of carboxylic acid groups (broad SMARTS) is 1. The van der Waals surface area contributed by atoms with Crippen molar-refractivity contribution in [2.45, 2.75) is 49.9 Å². The second kappa shape index (κ2) is 14.6. The van der Waals surface area contributed by atoms with E-state index in [4.69, 9.17) is 11.5 Å². The predicted molar refractivity (Wildman–Crippen MR) is 136 cm³/mol. The molecule has 0 aliphatic rings. The summed E-state index contributed by atoms with van der Waals surface area (Å²) in [5.74, 6) is -4.16. The van der Waals surface area contributed by atoms with Crippen molar-refractivity contribution in [3.05, 3.63) is 54.1 Å². The van der Waals surface area contributed by atoms with E-state index in [2.05, 4.69) is 38.5 Å². The zero-order chi connectivity index (χ0) is 27.4. The Morgan fingerprint density at radius 3 is 2.14 bits per heavy atom. The number of nitrogens with zero attached hydrogens (tertiary/aromatic N) is 1. The maximum absolute atomic E-state index is 13.2. The average Bonchev–Trinajstić information content (AvgIpc) is 3.38. The van der Waals surface area contributed by atoms with Gasteiger partial charge in [-0.05, 0) is 12.0 Å². The number of carbonyl (C=O) groups excluding carboxylic acids is 4. The van der Waals surface area contributed by atoms with Crippen LogP contribution in [0.1, 0.15) is 24.1 Å². The molecule has 1 aromatic carbocycles. The number of nitrogens with one attached hydrogen (secondary N) is 4. The van der Waals surface area contributed by atoms with Crippen molar-refractivity contribution in [3.8, 4) is 0 Å². The molecule has 9 N–H and O–H groups in total. The Labute approximate surface area is 218 Å². The van der Waals surface area contributed by atoms with Crippen LogP contribution in [-0.2, 0) is 36.8 Å². The molecular weight excluding hydrogens is 502 g/mol. The molecule has 0 saturated heterocycles. The first-order valence-electron chi connectivity index (χ1n) is 11.4. The highest BCUT2D eigenvalue weighted by Gasteiger charge is 2.31. The van der Waals surface area contributed by atoms with E-state index in [0.29, 0.717) is 11.3 Å². The summed E-state index contributed by atoms with van der Waals surface area (Å²) in [7, 11) is 0.